The van der Waals surface area contributed by atoms with E-state index in [4.69, 9.17) is 10.8 Å². The van der Waals surface area contributed by atoms with Crippen LogP contribution in [0, 0.1) is 0 Å². The monoisotopic (exact) mass is 296 g/mol. The van der Waals surface area contributed by atoms with Gasteiger partial charge in [-0.25, -0.2) is 14.8 Å². The normalized spacial score (nSPS) is 10.5. The number of nitrogens with two attached hydrogens (primary N) is 1. The Bertz CT molecular complexity index is 594. The standard InChI is InChI=1S/C10H9BrN4O2/c1-15-4-5(9(16)17)2-7(15)8-6(11)3-13-10(12)14-8/h2-4H,1H3,(H,16,17)(H2,12,13,14). The van der Waals surface area contributed by atoms with E-state index in [1.165, 1.54) is 18.5 Å². The Kier molecular flexibility index (Phi) is 2.84. The van der Waals surface area contributed by atoms with E-state index in [-0.39, 0.29) is 11.5 Å². The highest BCUT2D eigenvalue weighted by atomic mass is 79.9. The fourth-order valence-electron chi connectivity index (χ4n) is 1.48. The summed E-state index contributed by atoms with van der Waals surface area (Å²) in [5.41, 5.74) is 6.93. The minimum atomic E-state index is -0.981. The molecule has 0 amide bonds. The number of halogens is 1. The number of aryl methyl sites for hydroxylation is 1. The van der Waals surface area contributed by atoms with Crippen LogP contribution in [0.3, 0.4) is 0 Å². The van der Waals surface area contributed by atoms with E-state index in [1.807, 2.05) is 0 Å². The zero-order valence-electron chi connectivity index (χ0n) is 8.88. The molecule has 0 aliphatic heterocycles. The Morgan fingerprint density at radius 2 is 2.29 bits per heavy atom. The molecule has 6 nitrogen and oxygen atoms in total. The van der Waals surface area contributed by atoms with Crippen LogP contribution in [0.5, 0.6) is 0 Å². The van der Waals surface area contributed by atoms with E-state index in [2.05, 4.69) is 25.9 Å². The second-order valence-corrected chi connectivity index (χ2v) is 4.31. The van der Waals surface area contributed by atoms with Crippen LogP contribution in [-0.2, 0) is 7.05 Å². The first-order valence-electron chi connectivity index (χ1n) is 4.67. The Balaban J connectivity index is 2.60. The summed E-state index contributed by atoms with van der Waals surface area (Å²) in [7, 11) is 1.74. The first-order valence-corrected chi connectivity index (χ1v) is 5.46. The Hall–Kier alpha value is -1.89. The highest BCUT2D eigenvalue weighted by molar-refractivity contribution is 9.10. The number of aromatic carboxylic acids is 1. The molecular formula is C10H9BrN4O2. The average Bonchev–Trinajstić information content (AvgIpc) is 2.64. The lowest BCUT2D eigenvalue weighted by Gasteiger charge is -2.04. The van der Waals surface area contributed by atoms with Gasteiger partial charge in [-0.15, -0.1) is 0 Å². The van der Waals surface area contributed by atoms with Crippen LogP contribution in [0.2, 0.25) is 0 Å². The van der Waals surface area contributed by atoms with Gasteiger partial charge in [-0.1, -0.05) is 0 Å². The number of carbonyl (C=O) groups is 1. The van der Waals surface area contributed by atoms with Crippen molar-refractivity contribution in [3.05, 3.63) is 28.5 Å². The average molecular weight is 297 g/mol. The molecule has 0 unspecified atom stereocenters. The highest BCUT2D eigenvalue weighted by Gasteiger charge is 2.14. The molecule has 2 aromatic rings. The van der Waals surface area contributed by atoms with Crippen LogP contribution >= 0.6 is 15.9 Å². The maximum absolute atomic E-state index is 10.9. The molecule has 0 saturated carbocycles. The zero-order chi connectivity index (χ0) is 12.6. The van der Waals surface area contributed by atoms with Crippen molar-refractivity contribution in [3.8, 4) is 11.4 Å². The van der Waals surface area contributed by atoms with Gasteiger partial charge in [0.2, 0.25) is 5.95 Å². The van der Waals surface area contributed by atoms with Crippen molar-refractivity contribution in [3.63, 3.8) is 0 Å². The van der Waals surface area contributed by atoms with Gasteiger partial charge in [-0.05, 0) is 22.0 Å². The number of carboxylic acids is 1. The van der Waals surface area contributed by atoms with Crippen molar-refractivity contribution in [2.24, 2.45) is 7.05 Å². The van der Waals surface area contributed by atoms with Crippen molar-refractivity contribution in [1.29, 1.82) is 0 Å². The number of anilines is 1. The molecular weight excluding hydrogens is 288 g/mol. The van der Waals surface area contributed by atoms with Gasteiger partial charge in [0, 0.05) is 19.4 Å². The number of rotatable bonds is 2. The number of aromatic nitrogens is 3. The predicted octanol–water partition coefficient (Wildman–Crippen LogP) is 1.52. The summed E-state index contributed by atoms with van der Waals surface area (Å²) in [6.07, 6.45) is 3.05. The largest absolute Gasteiger partial charge is 0.478 e. The summed E-state index contributed by atoms with van der Waals surface area (Å²) in [5, 5.41) is 8.91. The summed E-state index contributed by atoms with van der Waals surface area (Å²) in [6, 6.07) is 1.54. The summed E-state index contributed by atoms with van der Waals surface area (Å²) < 4.78 is 2.33. The first kappa shape index (κ1) is 11.6. The number of hydrogen-bond donors (Lipinski definition) is 2. The first-order chi connectivity index (χ1) is 7.99. The summed E-state index contributed by atoms with van der Waals surface area (Å²) >= 11 is 3.31. The van der Waals surface area contributed by atoms with E-state index >= 15 is 0 Å². The second-order valence-electron chi connectivity index (χ2n) is 3.45. The van der Waals surface area contributed by atoms with Crippen molar-refractivity contribution in [1.82, 2.24) is 14.5 Å². The van der Waals surface area contributed by atoms with Crippen molar-refractivity contribution < 1.29 is 9.90 Å². The minimum absolute atomic E-state index is 0.140. The fraction of sp³-hybridized carbons (Fsp3) is 0.100. The molecule has 3 N–H and O–H groups in total. The smallest absolute Gasteiger partial charge is 0.337 e. The molecule has 0 radical (unpaired) electrons. The topological polar surface area (TPSA) is 94.0 Å². The van der Waals surface area contributed by atoms with Crippen LogP contribution in [0.4, 0.5) is 5.95 Å². The molecule has 17 heavy (non-hydrogen) atoms. The number of nitrogen functional groups attached to an aromatic ring is 1. The Morgan fingerprint density at radius 1 is 1.59 bits per heavy atom. The summed E-state index contributed by atoms with van der Waals surface area (Å²) in [4.78, 5) is 18.8. The minimum Gasteiger partial charge on any atom is -0.478 e. The molecule has 0 fully saturated rings. The van der Waals surface area contributed by atoms with Gasteiger partial charge in [-0.3, -0.25) is 0 Å². The van der Waals surface area contributed by atoms with Crippen LogP contribution in [0.15, 0.2) is 22.9 Å². The molecule has 0 aliphatic carbocycles. The molecule has 0 saturated heterocycles. The van der Waals surface area contributed by atoms with Crippen LogP contribution in [0.1, 0.15) is 10.4 Å². The van der Waals surface area contributed by atoms with E-state index in [0.29, 0.717) is 15.9 Å². The molecule has 2 aromatic heterocycles. The third-order valence-corrected chi connectivity index (χ3v) is 2.84. The molecule has 2 heterocycles. The summed E-state index contributed by atoms with van der Waals surface area (Å²) in [5.74, 6) is -0.841. The van der Waals surface area contributed by atoms with Gasteiger partial charge < -0.3 is 15.4 Å². The number of hydrogen-bond acceptors (Lipinski definition) is 4. The molecule has 0 spiro atoms. The molecule has 0 bridgehead atoms. The number of carboxylic acid groups (broad SMARTS) is 1. The zero-order valence-corrected chi connectivity index (χ0v) is 10.5. The Morgan fingerprint density at radius 3 is 2.88 bits per heavy atom. The maximum atomic E-state index is 10.9. The molecule has 0 aromatic carbocycles. The van der Waals surface area contributed by atoms with Crippen molar-refractivity contribution >= 4 is 27.8 Å². The maximum Gasteiger partial charge on any atom is 0.337 e. The third kappa shape index (κ3) is 2.14. The van der Waals surface area contributed by atoms with E-state index in [1.54, 1.807) is 11.6 Å². The van der Waals surface area contributed by atoms with Gasteiger partial charge in [0.05, 0.1) is 15.7 Å². The molecule has 0 atom stereocenters. The van der Waals surface area contributed by atoms with E-state index in [9.17, 15) is 4.79 Å². The van der Waals surface area contributed by atoms with Gasteiger partial charge in [-0.2, -0.15) is 0 Å². The van der Waals surface area contributed by atoms with Gasteiger partial charge in [0.15, 0.2) is 0 Å². The fourth-order valence-corrected chi connectivity index (χ4v) is 1.87. The lowest BCUT2D eigenvalue weighted by atomic mass is 10.2. The quantitative estimate of drug-likeness (QED) is 0.876. The highest BCUT2D eigenvalue weighted by Crippen LogP contribution is 2.27. The van der Waals surface area contributed by atoms with Crippen LogP contribution in [-0.4, -0.2) is 25.6 Å². The van der Waals surface area contributed by atoms with E-state index < -0.39 is 5.97 Å². The van der Waals surface area contributed by atoms with Crippen LogP contribution < -0.4 is 5.73 Å². The third-order valence-electron chi connectivity index (χ3n) is 2.26. The Labute approximate surface area is 105 Å². The molecule has 0 aliphatic rings. The van der Waals surface area contributed by atoms with Gasteiger partial charge >= 0.3 is 5.97 Å². The SMILES string of the molecule is Cn1cc(C(=O)O)cc1-c1nc(N)ncc1Br. The van der Waals surface area contributed by atoms with Crippen LogP contribution in [0.25, 0.3) is 11.4 Å². The lowest BCUT2D eigenvalue weighted by molar-refractivity contribution is 0.0697. The molecule has 88 valence electrons. The van der Waals surface area contributed by atoms with E-state index in [0.717, 1.165) is 0 Å². The summed E-state index contributed by atoms with van der Waals surface area (Å²) in [6.45, 7) is 0. The molecule has 7 heteroatoms. The van der Waals surface area contributed by atoms with Crippen molar-refractivity contribution in [2.75, 3.05) is 5.73 Å². The van der Waals surface area contributed by atoms with Crippen molar-refractivity contribution in [2.45, 2.75) is 0 Å². The van der Waals surface area contributed by atoms with Gasteiger partial charge in [0.25, 0.3) is 0 Å². The number of nitrogens with zero attached hydrogens (tertiary/aromatic N) is 3. The molecule has 2 rings (SSSR count). The second kappa shape index (κ2) is 4.17. The lowest BCUT2D eigenvalue weighted by Crippen LogP contribution is -1.99. The predicted molar refractivity (Wildman–Crippen MR) is 65.5 cm³/mol. The van der Waals surface area contributed by atoms with Gasteiger partial charge in [0.1, 0.15) is 5.69 Å².